The minimum absolute atomic E-state index is 0.0460. The Morgan fingerprint density at radius 1 is 1.03 bits per heavy atom. The maximum atomic E-state index is 9.71. The van der Waals surface area contributed by atoms with Crippen LogP contribution in [0.15, 0.2) is 67.3 Å². The first kappa shape index (κ1) is 27.2. The Morgan fingerprint density at radius 3 is 2.50 bits per heavy atom. The van der Waals surface area contributed by atoms with Gasteiger partial charge in [0.2, 0.25) is 6.41 Å². The smallest absolute Gasteiger partial charge is 0.207 e. The number of aliphatic hydroxyl groups excluding tert-OH is 1. The zero-order valence-corrected chi connectivity index (χ0v) is 22.8. The Labute approximate surface area is 227 Å². The van der Waals surface area contributed by atoms with Crippen molar-refractivity contribution in [3.63, 3.8) is 0 Å². The van der Waals surface area contributed by atoms with E-state index in [0.29, 0.717) is 23.8 Å². The molecule has 0 atom stereocenters. The van der Waals surface area contributed by atoms with Gasteiger partial charge >= 0.3 is 0 Å². The fourth-order valence-corrected chi connectivity index (χ4v) is 4.57. The van der Waals surface area contributed by atoms with Gasteiger partial charge in [-0.3, -0.25) is 4.79 Å². The van der Waals surface area contributed by atoms with E-state index in [4.69, 9.17) is 11.6 Å². The minimum Gasteiger partial charge on any atom is -0.395 e. The molecule has 3 aromatic heterocycles. The SMILES string of the molecule is CC(C)(C)NC=O.Cc1cccc(Cn2ccc3cc(Nc4ncnc5ccn(CCO)c45)cc(Cl)c32)c1. The first-order valence-electron chi connectivity index (χ1n) is 12.4. The number of nitrogens with one attached hydrogen (secondary N) is 2. The topological polar surface area (TPSA) is 97.0 Å². The first-order valence-corrected chi connectivity index (χ1v) is 12.8. The van der Waals surface area contributed by atoms with Crippen molar-refractivity contribution in [3.8, 4) is 0 Å². The van der Waals surface area contributed by atoms with Gasteiger partial charge in [-0.1, -0.05) is 41.4 Å². The Kier molecular flexibility index (Phi) is 8.34. The van der Waals surface area contributed by atoms with Crippen LogP contribution in [0.1, 0.15) is 31.9 Å². The van der Waals surface area contributed by atoms with Crippen LogP contribution in [-0.4, -0.2) is 42.8 Å². The van der Waals surface area contributed by atoms with Gasteiger partial charge in [-0.2, -0.15) is 0 Å². The van der Waals surface area contributed by atoms with E-state index in [1.165, 1.54) is 17.5 Å². The van der Waals surface area contributed by atoms with Crippen molar-refractivity contribution < 1.29 is 9.90 Å². The summed E-state index contributed by atoms with van der Waals surface area (Å²) in [5.74, 6) is 0.679. The average molecular weight is 533 g/mol. The molecule has 0 aliphatic heterocycles. The lowest BCUT2D eigenvalue weighted by Gasteiger charge is -2.15. The predicted molar refractivity (Wildman–Crippen MR) is 154 cm³/mol. The molecule has 5 rings (SSSR count). The van der Waals surface area contributed by atoms with Crippen molar-refractivity contribution in [1.29, 1.82) is 0 Å². The summed E-state index contributed by atoms with van der Waals surface area (Å²) in [5, 5.41) is 17.1. The van der Waals surface area contributed by atoms with Gasteiger partial charge in [0.05, 0.1) is 22.7 Å². The van der Waals surface area contributed by atoms with E-state index < -0.39 is 0 Å². The number of fused-ring (bicyclic) bond motifs is 2. The predicted octanol–water partition coefficient (Wildman–Crippen LogP) is 5.66. The highest BCUT2D eigenvalue weighted by Crippen LogP contribution is 2.32. The van der Waals surface area contributed by atoms with E-state index in [9.17, 15) is 9.90 Å². The molecule has 0 bridgehead atoms. The van der Waals surface area contributed by atoms with Gasteiger partial charge in [0.15, 0.2) is 5.82 Å². The molecule has 3 heterocycles. The monoisotopic (exact) mass is 532 g/mol. The number of nitrogens with zero attached hydrogens (tertiary/aromatic N) is 4. The second kappa shape index (κ2) is 11.7. The molecule has 0 aliphatic rings. The molecular weight excluding hydrogens is 500 g/mol. The highest BCUT2D eigenvalue weighted by atomic mass is 35.5. The van der Waals surface area contributed by atoms with Gasteiger partial charge < -0.3 is 24.9 Å². The third-order valence-electron chi connectivity index (χ3n) is 5.90. The molecular formula is C29H33ClN6O2. The van der Waals surface area contributed by atoms with Crippen molar-refractivity contribution in [1.82, 2.24) is 24.4 Å². The molecule has 38 heavy (non-hydrogen) atoms. The number of benzene rings is 2. The Morgan fingerprint density at radius 2 is 1.82 bits per heavy atom. The van der Waals surface area contributed by atoms with Gasteiger partial charge in [0.1, 0.15) is 11.8 Å². The minimum atomic E-state index is -0.0677. The molecule has 0 radical (unpaired) electrons. The Hall–Kier alpha value is -3.88. The standard InChI is InChI=1S/C24H22ClN5O.C5H11NO/c1-16-3-2-4-17(11-16)14-30-7-5-18-12-19(13-20(25)22(18)30)28-24-23-21(26-15-27-24)6-8-29(23)9-10-31;1-5(2,3)6-4-7/h2-8,11-13,15,31H,9-10,14H2,1H3,(H,26,27,28);4H,1-3H3,(H,6,7). The lowest BCUT2D eigenvalue weighted by molar-refractivity contribution is -0.110. The number of hydrogen-bond acceptors (Lipinski definition) is 5. The molecule has 198 valence electrons. The summed E-state index contributed by atoms with van der Waals surface area (Å²) < 4.78 is 4.11. The summed E-state index contributed by atoms with van der Waals surface area (Å²) in [4.78, 5) is 18.5. The number of aryl methyl sites for hydroxylation is 1. The number of carbonyl (C=O) groups excluding carboxylic acids is 1. The van der Waals surface area contributed by atoms with E-state index in [2.05, 4.69) is 74.7 Å². The summed E-state index contributed by atoms with van der Waals surface area (Å²) in [5.41, 5.74) is 5.94. The third kappa shape index (κ3) is 6.51. The number of hydrogen-bond donors (Lipinski definition) is 3. The largest absolute Gasteiger partial charge is 0.395 e. The van der Waals surface area contributed by atoms with Crippen molar-refractivity contribution in [2.45, 2.75) is 46.3 Å². The lowest BCUT2D eigenvalue weighted by Crippen LogP contribution is -2.34. The van der Waals surface area contributed by atoms with E-state index >= 15 is 0 Å². The second-order valence-corrected chi connectivity index (χ2v) is 10.6. The molecule has 0 saturated carbocycles. The number of halogens is 1. The highest BCUT2D eigenvalue weighted by Gasteiger charge is 2.13. The van der Waals surface area contributed by atoms with Crippen LogP contribution in [0.5, 0.6) is 0 Å². The molecule has 8 nitrogen and oxygen atoms in total. The molecule has 3 N–H and O–H groups in total. The maximum Gasteiger partial charge on any atom is 0.207 e. The van der Waals surface area contributed by atoms with Crippen LogP contribution in [0.25, 0.3) is 21.9 Å². The van der Waals surface area contributed by atoms with Crippen molar-refractivity contribution in [2.75, 3.05) is 11.9 Å². The van der Waals surface area contributed by atoms with Crippen LogP contribution in [0.2, 0.25) is 5.02 Å². The van der Waals surface area contributed by atoms with Crippen molar-refractivity contribution in [2.24, 2.45) is 0 Å². The van der Waals surface area contributed by atoms with Crippen LogP contribution in [0.4, 0.5) is 11.5 Å². The summed E-state index contributed by atoms with van der Waals surface area (Å²) in [6, 6.07) is 16.5. The third-order valence-corrected chi connectivity index (χ3v) is 6.18. The average Bonchev–Trinajstić information content (AvgIpc) is 3.44. The number of aliphatic hydroxyl groups is 1. The Bertz CT molecular complexity index is 1550. The molecule has 1 amide bonds. The fraction of sp³-hybridized carbons (Fsp3) is 0.276. The van der Waals surface area contributed by atoms with Gasteiger partial charge in [0, 0.05) is 42.1 Å². The van der Waals surface area contributed by atoms with Crippen molar-refractivity contribution in [3.05, 3.63) is 83.4 Å². The van der Waals surface area contributed by atoms with Gasteiger partial charge in [-0.05, 0) is 57.5 Å². The number of amides is 1. The van der Waals surface area contributed by atoms with E-state index in [1.807, 2.05) is 43.7 Å². The molecule has 2 aromatic carbocycles. The first-order chi connectivity index (χ1) is 18.2. The fourth-order valence-electron chi connectivity index (χ4n) is 4.24. The molecule has 5 aromatic rings. The summed E-state index contributed by atoms with van der Waals surface area (Å²) >= 11 is 6.72. The molecule has 0 spiro atoms. The lowest BCUT2D eigenvalue weighted by atomic mass is 10.1. The number of rotatable bonds is 7. The van der Waals surface area contributed by atoms with Crippen LogP contribution >= 0.6 is 11.6 Å². The van der Waals surface area contributed by atoms with Crippen LogP contribution in [-0.2, 0) is 17.9 Å². The normalized spacial score (nSPS) is 11.3. The van der Waals surface area contributed by atoms with Crippen LogP contribution in [0.3, 0.4) is 0 Å². The molecule has 0 fully saturated rings. The number of carbonyl (C=O) groups is 1. The van der Waals surface area contributed by atoms with E-state index in [-0.39, 0.29) is 12.1 Å². The summed E-state index contributed by atoms with van der Waals surface area (Å²) in [7, 11) is 0. The highest BCUT2D eigenvalue weighted by molar-refractivity contribution is 6.35. The Balaban J connectivity index is 0.000000426. The van der Waals surface area contributed by atoms with Crippen LogP contribution in [0, 0.1) is 6.92 Å². The molecule has 0 aliphatic carbocycles. The molecule has 9 heteroatoms. The summed E-state index contributed by atoms with van der Waals surface area (Å²) in [6.07, 6.45) is 6.21. The van der Waals surface area contributed by atoms with Crippen molar-refractivity contribution >= 4 is 51.5 Å². The van der Waals surface area contributed by atoms with E-state index in [1.54, 1.807) is 0 Å². The zero-order chi connectivity index (χ0) is 27.3. The van der Waals surface area contributed by atoms with Crippen LogP contribution < -0.4 is 10.6 Å². The zero-order valence-electron chi connectivity index (χ0n) is 22.1. The molecule has 0 unspecified atom stereocenters. The number of aromatic nitrogens is 4. The van der Waals surface area contributed by atoms with E-state index in [0.717, 1.165) is 34.2 Å². The molecule has 0 saturated heterocycles. The van der Waals surface area contributed by atoms with Gasteiger partial charge in [-0.25, -0.2) is 9.97 Å². The van der Waals surface area contributed by atoms with Gasteiger partial charge in [0.25, 0.3) is 0 Å². The maximum absolute atomic E-state index is 9.71. The quantitative estimate of drug-likeness (QED) is 0.235. The summed E-state index contributed by atoms with van der Waals surface area (Å²) in [6.45, 7) is 9.18. The second-order valence-electron chi connectivity index (χ2n) is 10.2. The number of anilines is 2. The van der Waals surface area contributed by atoms with Gasteiger partial charge in [-0.15, -0.1) is 0 Å².